The first-order valence-electron chi connectivity index (χ1n) is 6.16. The molecular formula is C17H16O. The van der Waals surface area contributed by atoms with Crippen molar-refractivity contribution in [2.24, 2.45) is 0 Å². The van der Waals surface area contributed by atoms with Gasteiger partial charge in [-0.05, 0) is 24.5 Å². The van der Waals surface area contributed by atoms with Crippen molar-refractivity contribution in [2.75, 3.05) is 0 Å². The second-order valence-electron chi connectivity index (χ2n) is 4.16. The van der Waals surface area contributed by atoms with Crippen LogP contribution in [0.2, 0.25) is 0 Å². The van der Waals surface area contributed by atoms with Crippen molar-refractivity contribution in [3.63, 3.8) is 0 Å². The van der Waals surface area contributed by atoms with Gasteiger partial charge in [0.1, 0.15) is 0 Å². The van der Waals surface area contributed by atoms with Crippen LogP contribution >= 0.6 is 0 Å². The number of carbonyl (C=O) groups excluding carboxylic acids is 1. The van der Waals surface area contributed by atoms with Gasteiger partial charge in [0.25, 0.3) is 0 Å². The lowest BCUT2D eigenvalue weighted by Crippen LogP contribution is -1.93. The highest BCUT2D eigenvalue weighted by Gasteiger charge is 1.98. The third-order valence-electron chi connectivity index (χ3n) is 2.77. The van der Waals surface area contributed by atoms with Gasteiger partial charge in [0.05, 0.1) is 0 Å². The zero-order valence-electron chi connectivity index (χ0n) is 10.3. The molecule has 0 fully saturated rings. The first kappa shape index (κ1) is 12.3. The van der Waals surface area contributed by atoms with E-state index in [2.05, 4.69) is 12.1 Å². The van der Waals surface area contributed by atoms with E-state index in [1.807, 2.05) is 54.6 Å². The molecule has 0 unspecified atom stereocenters. The van der Waals surface area contributed by atoms with Gasteiger partial charge in [0, 0.05) is 5.56 Å². The fourth-order valence-corrected chi connectivity index (χ4v) is 1.78. The van der Waals surface area contributed by atoms with Crippen LogP contribution in [0.25, 0.3) is 0 Å². The Labute approximate surface area is 108 Å². The van der Waals surface area contributed by atoms with Crippen molar-refractivity contribution < 1.29 is 4.79 Å². The van der Waals surface area contributed by atoms with E-state index in [0.29, 0.717) is 0 Å². The molecule has 0 aliphatic carbocycles. The molecule has 0 N–H and O–H groups in total. The molecular weight excluding hydrogens is 220 g/mol. The molecule has 0 spiro atoms. The maximum absolute atomic E-state index is 11.8. The van der Waals surface area contributed by atoms with Gasteiger partial charge in [0.2, 0.25) is 0 Å². The van der Waals surface area contributed by atoms with Gasteiger partial charge in [-0.3, -0.25) is 4.79 Å². The molecule has 18 heavy (non-hydrogen) atoms. The molecule has 0 bridgehead atoms. The second-order valence-corrected chi connectivity index (χ2v) is 4.16. The molecule has 1 heteroatoms. The van der Waals surface area contributed by atoms with E-state index in [0.717, 1.165) is 18.4 Å². The molecule has 2 aromatic rings. The summed E-state index contributed by atoms with van der Waals surface area (Å²) < 4.78 is 0. The Morgan fingerprint density at radius 3 is 2.17 bits per heavy atom. The van der Waals surface area contributed by atoms with Crippen molar-refractivity contribution in [1.82, 2.24) is 0 Å². The highest BCUT2D eigenvalue weighted by molar-refractivity contribution is 6.04. The number of hydrogen-bond acceptors (Lipinski definition) is 1. The van der Waals surface area contributed by atoms with E-state index in [4.69, 9.17) is 0 Å². The number of rotatable bonds is 5. The van der Waals surface area contributed by atoms with Crippen molar-refractivity contribution in [2.45, 2.75) is 12.8 Å². The summed E-state index contributed by atoms with van der Waals surface area (Å²) in [5.41, 5.74) is 2.04. The van der Waals surface area contributed by atoms with Crippen molar-refractivity contribution in [3.8, 4) is 0 Å². The Hall–Kier alpha value is -2.15. The molecule has 0 heterocycles. The molecule has 0 aliphatic rings. The Morgan fingerprint density at radius 2 is 1.50 bits per heavy atom. The minimum Gasteiger partial charge on any atom is -0.289 e. The first-order chi connectivity index (χ1) is 8.86. The lowest BCUT2D eigenvalue weighted by atomic mass is 10.1. The number of allylic oxidation sites excluding steroid dienone is 2. The average Bonchev–Trinajstić information content (AvgIpc) is 2.45. The summed E-state index contributed by atoms with van der Waals surface area (Å²) >= 11 is 0. The van der Waals surface area contributed by atoms with Gasteiger partial charge >= 0.3 is 0 Å². The molecule has 0 atom stereocenters. The lowest BCUT2D eigenvalue weighted by Gasteiger charge is -1.97. The van der Waals surface area contributed by atoms with Gasteiger partial charge in [-0.25, -0.2) is 0 Å². The van der Waals surface area contributed by atoms with E-state index in [1.54, 1.807) is 6.08 Å². The summed E-state index contributed by atoms with van der Waals surface area (Å²) in [5, 5.41) is 0. The minimum absolute atomic E-state index is 0.0728. The van der Waals surface area contributed by atoms with Crippen LogP contribution in [0, 0.1) is 0 Å². The van der Waals surface area contributed by atoms with E-state index in [9.17, 15) is 4.79 Å². The predicted octanol–water partition coefficient (Wildman–Crippen LogP) is 4.06. The topological polar surface area (TPSA) is 17.1 Å². The van der Waals surface area contributed by atoms with E-state index < -0.39 is 0 Å². The summed E-state index contributed by atoms with van der Waals surface area (Å²) in [5.74, 6) is 0.0728. The van der Waals surface area contributed by atoms with Crippen LogP contribution in [0.1, 0.15) is 22.3 Å². The van der Waals surface area contributed by atoms with Gasteiger partial charge in [-0.15, -0.1) is 0 Å². The van der Waals surface area contributed by atoms with E-state index >= 15 is 0 Å². The number of hydrogen-bond donors (Lipinski definition) is 0. The highest BCUT2D eigenvalue weighted by Crippen LogP contribution is 2.04. The van der Waals surface area contributed by atoms with Crippen LogP contribution in [0.3, 0.4) is 0 Å². The standard InChI is InChI=1S/C17H16O/c18-17(16-12-5-2-6-13-16)14-8-7-11-15-9-3-1-4-10-15/h1-6,8-10,12-14H,7,11H2/b14-8+. The number of aryl methyl sites for hydroxylation is 1. The number of carbonyl (C=O) groups is 1. The summed E-state index contributed by atoms with van der Waals surface area (Å²) in [6.45, 7) is 0. The Bertz CT molecular complexity index is 512. The lowest BCUT2D eigenvalue weighted by molar-refractivity contribution is 0.104. The fourth-order valence-electron chi connectivity index (χ4n) is 1.78. The molecule has 1 nitrogen and oxygen atoms in total. The molecule has 2 rings (SSSR count). The van der Waals surface area contributed by atoms with Gasteiger partial charge < -0.3 is 0 Å². The summed E-state index contributed by atoms with van der Waals surface area (Å²) in [6.07, 6.45) is 5.47. The van der Waals surface area contributed by atoms with Crippen LogP contribution in [-0.2, 0) is 6.42 Å². The molecule has 0 saturated carbocycles. The summed E-state index contributed by atoms with van der Waals surface area (Å²) in [6, 6.07) is 19.6. The van der Waals surface area contributed by atoms with Crippen LogP contribution in [0.5, 0.6) is 0 Å². The molecule has 0 aromatic heterocycles. The molecule has 0 radical (unpaired) electrons. The Kier molecular flexibility index (Phi) is 4.48. The number of benzene rings is 2. The maximum Gasteiger partial charge on any atom is 0.185 e. The maximum atomic E-state index is 11.8. The van der Waals surface area contributed by atoms with E-state index in [-0.39, 0.29) is 5.78 Å². The SMILES string of the molecule is O=C(/C=C/CCc1ccccc1)c1ccccc1. The van der Waals surface area contributed by atoms with Crippen molar-refractivity contribution in [3.05, 3.63) is 83.9 Å². The molecule has 0 amide bonds. The minimum atomic E-state index is 0.0728. The van der Waals surface area contributed by atoms with Crippen LogP contribution in [0.4, 0.5) is 0 Å². The first-order valence-corrected chi connectivity index (χ1v) is 6.16. The second kappa shape index (κ2) is 6.55. The summed E-state index contributed by atoms with van der Waals surface area (Å²) in [7, 11) is 0. The predicted molar refractivity (Wildman–Crippen MR) is 74.7 cm³/mol. The van der Waals surface area contributed by atoms with Crippen molar-refractivity contribution in [1.29, 1.82) is 0 Å². The quantitative estimate of drug-likeness (QED) is 0.565. The average molecular weight is 236 g/mol. The monoisotopic (exact) mass is 236 g/mol. The van der Waals surface area contributed by atoms with Crippen molar-refractivity contribution >= 4 is 5.78 Å². The van der Waals surface area contributed by atoms with Crippen LogP contribution < -0.4 is 0 Å². The third-order valence-corrected chi connectivity index (χ3v) is 2.77. The molecule has 2 aromatic carbocycles. The van der Waals surface area contributed by atoms with Gasteiger partial charge in [-0.2, -0.15) is 0 Å². The van der Waals surface area contributed by atoms with Gasteiger partial charge in [-0.1, -0.05) is 66.7 Å². The zero-order chi connectivity index (χ0) is 12.6. The molecule has 0 aliphatic heterocycles. The summed E-state index contributed by atoms with van der Waals surface area (Å²) in [4.78, 5) is 11.8. The normalized spacial score (nSPS) is 10.7. The number of ketones is 1. The molecule has 0 saturated heterocycles. The van der Waals surface area contributed by atoms with Gasteiger partial charge in [0.15, 0.2) is 5.78 Å². The highest BCUT2D eigenvalue weighted by atomic mass is 16.1. The van der Waals surface area contributed by atoms with Crippen LogP contribution in [-0.4, -0.2) is 5.78 Å². The largest absolute Gasteiger partial charge is 0.289 e. The molecule has 90 valence electrons. The third kappa shape index (κ3) is 3.70. The Balaban J connectivity index is 1.84. The van der Waals surface area contributed by atoms with Crippen LogP contribution in [0.15, 0.2) is 72.8 Å². The zero-order valence-corrected chi connectivity index (χ0v) is 10.3. The smallest absolute Gasteiger partial charge is 0.185 e. The van der Waals surface area contributed by atoms with E-state index in [1.165, 1.54) is 5.56 Å². The fraction of sp³-hybridized carbons (Fsp3) is 0.118. The Morgan fingerprint density at radius 1 is 0.889 bits per heavy atom.